The third-order valence-electron chi connectivity index (χ3n) is 7.15. The zero-order valence-corrected chi connectivity index (χ0v) is 17.3. The van der Waals surface area contributed by atoms with Gasteiger partial charge in [0.15, 0.2) is 0 Å². The maximum atomic E-state index is 12.7. The zero-order valence-electron chi connectivity index (χ0n) is 17.3. The van der Waals surface area contributed by atoms with Gasteiger partial charge in [0.05, 0.1) is 11.7 Å². The molecule has 1 N–H and O–H groups in total. The number of hydrogen-bond acceptors (Lipinski definition) is 5. The number of ether oxygens (including phenoxy) is 1. The third kappa shape index (κ3) is 3.83. The summed E-state index contributed by atoms with van der Waals surface area (Å²) in [5.41, 5.74) is 0.0273. The summed E-state index contributed by atoms with van der Waals surface area (Å²) >= 11 is 0. The van der Waals surface area contributed by atoms with E-state index < -0.39 is 0 Å². The normalized spacial score (nSPS) is 31.6. The van der Waals surface area contributed by atoms with Gasteiger partial charge in [-0.3, -0.25) is 9.69 Å². The van der Waals surface area contributed by atoms with Gasteiger partial charge in [-0.15, -0.1) is 10.2 Å². The van der Waals surface area contributed by atoms with Crippen molar-refractivity contribution in [2.24, 2.45) is 17.8 Å². The molecule has 4 heterocycles. The molecule has 3 saturated heterocycles. The summed E-state index contributed by atoms with van der Waals surface area (Å²) in [5, 5.41) is 11.1. The Morgan fingerprint density at radius 3 is 2.71 bits per heavy atom. The lowest BCUT2D eigenvalue weighted by molar-refractivity contribution is -0.125. The van der Waals surface area contributed by atoms with Crippen molar-refractivity contribution in [3.63, 3.8) is 0 Å². The largest absolute Gasteiger partial charge is 0.370 e. The van der Waals surface area contributed by atoms with Gasteiger partial charge < -0.3 is 14.6 Å². The highest BCUT2D eigenvalue weighted by Gasteiger charge is 2.62. The van der Waals surface area contributed by atoms with Crippen LogP contribution in [0.3, 0.4) is 0 Å². The molecule has 0 saturated carbocycles. The Labute approximate surface area is 168 Å². The second-order valence-electron chi connectivity index (χ2n) is 8.98. The number of aromatic nitrogens is 3. The fraction of sp³-hybridized carbons (Fsp3) is 0.857. The molecule has 1 aromatic rings. The topological polar surface area (TPSA) is 72.3 Å². The van der Waals surface area contributed by atoms with Crippen LogP contribution in [0.4, 0.5) is 0 Å². The van der Waals surface area contributed by atoms with Crippen molar-refractivity contribution >= 4 is 5.91 Å². The summed E-state index contributed by atoms with van der Waals surface area (Å²) in [6.45, 7) is 9.11. The average molecular weight is 390 g/mol. The molecule has 28 heavy (non-hydrogen) atoms. The van der Waals surface area contributed by atoms with Crippen LogP contribution in [0.25, 0.3) is 0 Å². The Balaban J connectivity index is 1.32. The molecule has 7 heteroatoms. The monoisotopic (exact) mass is 389 g/mol. The molecule has 3 aliphatic rings. The van der Waals surface area contributed by atoms with Crippen LogP contribution in [0.1, 0.15) is 52.4 Å². The predicted octanol–water partition coefficient (Wildman–Crippen LogP) is 2.09. The maximum absolute atomic E-state index is 12.7. The molecule has 0 unspecified atom stereocenters. The van der Waals surface area contributed by atoms with Crippen LogP contribution in [0.5, 0.6) is 0 Å². The van der Waals surface area contributed by atoms with Gasteiger partial charge in [-0.1, -0.05) is 26.7 Å². The number of nitrogens with one attached hydrogen (secondary N) is 1. The van der Waals surface area contributed by atoms with Gasteiger partial charge in [0.25, 0.3) is 0 Å². The number of rotatable bonds is 10. The average Bonchev–Trinajstić information content (AvgIpc) is 3.45. The molecule has 1 spiro atoms. The van der Waals surface area contributed by atoms with Crippen LogP contribution >= 0.6 is 0 Å². The quantitative estimate of drug-likeness (QED) is 0.663. The highest BCUT2D eigenvalue weighted by molar-refractivity contribution is 5.78. The summed E-state index contributed by atoms with van der Waals surface area (Å²) in [6, 6.07) is 0. The minimum Gasteiger partial charge on any atom is -0.370 e. The van der Waals surface area contributed by atoms with E-state index in [4.69, 9.17) is 4.74 Å². The molecule has 4 atom stereocenters. The SMILES string of the molecule is CCCC(CCC)C(=O)NC[C@H]1[C@H]2CN(CCn3cnnc3)C[C@]23CC[C@H]1O3. The summed E-state index contributed by atoms with van der Waals surface area (Å²) in [4.78, 5) is 15.2. The van der Waals surface area contributed by atoms with Crippen molar-refractivity contribution in [2.75, 3.05) is 26.2 Å². The van der Waals surface area contributed by atoms with Gasteiger partial charge in [-0.25, -0.2) is 0 Å². The van der Waals surface area contributed by atoms with Crippen LogP contribution in [-0.4, -0.2) is 63.5 Å². The van der Waals surface area contributed by atoms with Crippen LogP contribution in [-0.2, 0) is 16.1 Å². The van der Waals surface area contributed by atoms with E-state index in [1.807, 2.05) is 4.57 Å². The van der Waals surface area contributed by atoms with Crippen molar-refractivity contribution in [1.82, 2.24) is 25.0 Å². The van der Waals surface area contributed by atoms with Gasteiger partial charge in [0.1, 0.15) is 12.7 Å². The van der Waals surface area contributed by atoms with E-state index in [9.17, 15) is 4.79 Å². The number of nitrogens with zero attached hydrogens (tertiary/aromatic N) is 4. The molecule has 0 aromatic carbocycles. The summed E-state index contributed by atoms with van der Waals surface area (Å²) in [7, 11) is 0. The Kier molecular flexibility index (Phi) is 6.01. The molecule has 4 rings (SSSR count). The molecule has 0 radical (unpaired) electrons. The minimum atomic E-state index is 0.0273. The lowest BCUT2D eigenvalue weighted by Crippen LogP contribution is -2.43. The fourth-order valence-corrected chi connectivity index (χ4v) is 5.79. The molecule has 7 nitrogen and oxygen atoms in total. The lowest BCUT2D eigenvalue weighted by atomic mass is 9.73. The molecule has 3 aliphatic heterocycles. The molecule has 3 fully saturated rings. The summed E-state index contributed by atoms with van der Waals surface area (Å²) in [6.07, 6.45) is 10.3. The van der Waals surface area contributed by atoms with E-state index in [-0.39, 0.29) is 17.4 Å². The van der Waals surface area contributed by atoms with Gasteiger partial charge >= 0.3 is 0 Å². The van der Waals surface area contributed by atoms with Crippen molar-refractivity contribution in [2.45, 2.75) is 70.6 Å². The number of carbonyl (C=O) groups is 1. The Hall–Kier alpha value is -1.47. The van der Waals surface area contributed by atoms with Gasteiger partial charge in [-0.2, -0.15) is 0 Å². The molecular formula is C21H35N5O2. The number of carbonyl (C=O) groups excluding carboxylic acids is 1. The standard InChI is InChI=1S/C21H35N5O2/c1-3-5-16(6-4-2)20(27)22-11-17-18-12-25(9-10-26-14-23-24-15-26)13-21(18)8-7-19(17)28-21/h14-19H,3-13H2,1-2H3,(H,22,27)/t17-,18+,19+,21+/m0/s1. The second kappa shape index (κ2) is 8.49. The summed E-state index contributed by atoms with van der Waals surface area (Å²) in [5.74, 6) is 1.43. The number of fused-ring (bicyclic) bond motifs is 1. The smallest absolute Gasteiger partial charge is 0.223 e. The number of likely N-dealkylation sites (tertiary alicyclic amines) is 1. The van der Waals surface area contributed by atoms with E-state index in [1.165, 1.54) is 6.42 Å². The van der Waals surface area contributed by atoms with E-state index in [0.29, 0.717) is 17.9 Å². The predicted molar refractivity (Wildman–Crippen MR) is 107 cm³/mol. The highest BCUT2D eigenvalue weighted by Crippen LogP contribution is 2.54. The van der Waals surface area contributed by atoms with E-state index >= 15 is 0 Å². The number of amides is 1. The van der Waals surface area contributed by atoms with Gasteiger partial charge in [0.2, 0.25) is 5.91 Å². The molecule has 1 amide bonds. The van der Waals surface area contributed by atoms with Crippen LogP contribution in [0.2, 0.25) is 0 Å². The molecule has 156 valence electrons. The van der Waals surface area contributed by atoms with Crippen LogP contribution in [0.15, 0.2) is 12.7 Å². The van der Waals surface area contributed by atoms with E-state index in [0.717, 1.165) is 64.8 Å². The minimum absolute atomic E-state index is 0.0273. The van der Waals surface area contributed by atoms with Gasteiger partial charge in [0, 0.05) is 50.5 Å². The number of hydrogen-bond donors (Lipinski definition) is 1. The first-order valence-electron chi connectivity index (χ1n) is 11.2. The first kappa shape index (κ1) is 19.8. The van der Waals surface area contributed by atoms with Crippen molar-refractivity contribution in [1.29, 1.82) is 0 Å². The maximum Gasteiger partial charge on any atom is 0.223 e. The summed E-state index contributed by atoms with van der Waals surface area (Å²) < 4.78 is 8.56. The van der Waals surface area contributed by atoms with Crippen LogP contribution < -0.4 is 5.32 Å². The third-order valence-corrected chi connectivity index (χ3v) is 7.15. The molecule has 2 bridgehead atoms. The van der Waals surface area contributed by atoms with Gasteiger partial charge in [-0.05, 0) is 25.7 Å². The van der Waals surface area contributed by atoms with Crippen LogP contribution in [0, 0.1) is 17.8 Å². The van der Waals surface area contributed by atoms with Crippen molar-refractivity contribution in [3.05, 3.63) is 12.7 Å². The molecule has 0 aliphatic carbocycles. The Bertz CT molecular complexity index is 645. The Morgan fingerprint density at radius 2 is 2.00 bits per heavy atom. The Morgan fingerprint density at radius 1 is 1.25 bits per heavy atom. The fourth-order valence-electron chi connectivity index (χ4n) is 5.79. The van der Waals surface area contributed by atoms with Crippen molar-refractivity contribution in [3.8, 4) is 0 Å². The molecular weight excluding hydrogens is 354 g/mol. The van der Waals surface area contributed by atoms with Crippen molar-refractivity contribution < 1.29 is 9.53 Å². The van der Waals surface area contributed by atoms with E-state index in [2.05, 4.69) is 34.3 Å². The highest BCUT2D eigenvalue weighted by atomic mass is 16.5. The van der Waals surface area contributed by atoms with E-state index in [1.54, 1.807) is 12.7 Å². The molecule has 1 aromatic heterocycles. The lowest BCUT2D eigenvalue weighted by Gasteiger charge is -2.30. The first-order valence-corrected chi connectivity index (χ1v) is 11.2. The second-order valence-corrected chi connectivity index (χ2v) is 8.98. The first-order chi connectivity index (χ1) is 13.6. The zero-order chi connectivity index (χ0) is 19.6.